The summed E-state index contributed by atoms with van der Waals surface area (Å²) in [5, 5.41) is 10.5. The summed E-state index contributed by atoms with van der Waals surface area (Å²) in [7, 11) is 1.69. The number of halogens is 1. The van der Waals surface area contributed by atoms with Crippen LogP contribution in [0.1, 0.15) is 37.0 Å². The molecule has 5 heteroatoms. The van der Waals surface area contributed by atoms with Gasteiger partial charge in [-0.15, -0.1) is 0 Å². The molecule has 0 saturated heterocycles. The van der Waals surface area contributed by atoms with Gasteiger partial charge in [0.25, 0.3) is 5.91 Å². The number of likely N-dealkylation sites (N-methyl/N-ethyl adjacent to an activating group) is 1. The van der Waals surface area contributed by atoms with Crippen molar-refractivity contribution in [3.8, 4) is 5.75 Å². The molecule has 0 aromatic heterocycles. The van der Waals surface area contributed by atoms with E-state index in [0.717, 1.165) is 12.8 Å². The number of rotatable bonds is 6. The Morgan fingerprint density at radius 3 is 2.71 bits per heavy atom. The van der Waals surface area contributed by atoms with Crippen LogP contribution in [-0.2, 0) is 0 Å². The van der Waals surface area contributed by atoms with Crippen molar-refractivity contribution in [2.45, 2.75) is 38.9 Å². The highest BCUT2D eigenvalue weighted by atomic mass is 35.5. The average molecular weight is 312 g/mol. The van der Waals surface area contributed by atoms with Crippen molar-refractivity contribution in [1.82, 2.24) is 4.90 Å². The highest BCUT2D eigenvalue weighted by Gasteiger charge is 2.31. The van der Waals surface area contributed by atoms with E-state index in [2.05, 4.69) is 0 Å². The molecule has 0 heterocycles. The molecule has 0 radical (unpaired) electrons. The van der Waals surface area contributed by atoms with Crippen LogP contribution >= 0.6 is 11.6 Å². The number of nitrogens with zero attached hydrogens (tertiary/aromatic N) is 1. The maximum Gasteiger partial charge on any atom is 0.257 e. The molecule has 2 rings (SSSR count). The molecule has 1 fully saturated rings. The molecule has 1 unspecified atom stereocenters. The van der Waals surface area contributed by atoms with Crippen LogP contribution in [0, 0.1) is 5.92 Å². The number of hydrogen-bond donors (Lipinski definition) is 1. The van der Waals surface area contributed by atoms with Crippen molar-refractivity contribution in [3.05, 3.63) is 28.8 Å². The van der Waals surface area contributed by atoms with Crippen LogP contribution in [-0.4, -0.2) is 41.7 Å². The van der Waals surface area contributed by atoms with Crippen molar-refractivity contribution >= 4 is 17.5 Å². The predicted octanol–water partition coefficient (Wildman–Crippen LogP) is 2.97. The van der Waals surface area contributed by atoms with Crippen molar-refractivity contribution in [2.75, 3.05) is 13.6 Å². The van der Waals surface area contributed by atoms with Gasteiger partial charge in [-0.25, -0.2) is 0 Å². The van der Waals surface area contributed by atoms with Gasteiger partial charge in [0.05, 0.1) is 17.8 Å². The van der Waals surface area contributed by atoms with Gasteiger partial charge in [0.15, 0.2) is 0 Å². The fourth-order valence-electron chi connectivity index (χ4n) is 2.23. The summed E-state index contributed by atoms with van der Waals surface area (Å²) >= 11 is 5.99. The van der Waals surface area contributed by atoms with Gasteiger partial charge in [0, 0.05) is 18.6 Å². The molecule has 4 nitrogen and oxygen atoms in total. The third kappa shape index (κ3) is 4.35. The first kappa shape index (κ1) is 16.1. The van der Waals surface area contributed by atoms with Crippen LogP contribution in [0.3, 0.4) is 0 Å². The van der Waals surface area contributed by atoms with Crippen molar-refractivity contribution in [3.63, 3.8) is 0 Å². The Morgan fingerprint density at radius 2 is 2.14 bits per heavy atom. The predicted molar refractivity (Wildman–Crippen MR) is 82.9 cm³/mol. The molecule has 1 aromatic carbocycles. The largest absolute Gasteiger partial charge is 0.490 e. The quantitative estimate of drug-likeness (QED) is 0.878. The minimum atomic E-state index is -0.451. The molecule has 1 aliphatic carbocycles. The van der Waals surface area contributed by atoms with Crippen LogP contribution in [0.25, 0.3) is 0 Å². The van der Waals surface area contributed by atoms with Gasteiger partial charge in [0.1, 0.15) is 5.75 Å². The van der Waals surface area contributed by atoms with Crippen molar-refractivity contribution < 1.29 is 14.6 Å². The Kier molecular flexibility index (Phi) is 5.12. The zero-order valence-corrected chi connectivity index (χ0v) is 13.4. The van der Waals surface area contributed by atoms with Gasteiger partial charge in [0.2, 0.25) is 0 Å². The first-order chi connectivity index (χ1) is 9.88. The standard InChI is InChI=1S/C16H22ClNO3/c1-10(2)21-15-7-6-12(17)8-13(15)16(20)18(3)9-14(19)11-4-5-11/h6-8,10-11,14,19H,4-5,9H2,1-3H3. The zero-order valence-electron chi connectivity index (χ0n) is 12.7. The molecule has 0 aliphatic heterocycles. The van der Waals surface area contributed by atoms with Gasteiger partial charge in [-0.2, -0.15) is 0 Å². The summed E-state index contributed by atoms with van der Waals surface area (Å²) < 4.78 is 5.67. The van der Waals surface area contributed by atoms with Crippen LogP contribution in [0.15, 0.2) is 18.2 Å². The number of aliphatic hydroxyl groups excluding tert-OH is 1. The van der Waals surface area contributed by atoms with Gasteiger partial charge in [-0.3, -0.25) is 4.79 Å². The van der Waals surface area contributed by atoms with Crippen LogP contribution in [0.2, 0.25) is 5.02 Å². The first-order valence-corrected chi connectivity index (χ1v) is 7.66. The lowest BCUT2D eigenvalue weighted by atomic mass is 10.1. The molecule has 1 aliphatic rings. The number of benzene rings is 1. The summed E-state index contributed by atoms with van der Waals surface area (Å²) in [6.45, 7) is 4.14. The lowest BCUT2D eigenvalue weighted by Gasteiger charge is -2.22. The molecular weight excluding hydrogens is 290 g/mol. The second-order valence-corrected chi connectivity index (χ2v) is 6.33. The SMILES string of the molecule is CC(C)Oc1ccc(Cl)cc1C(=O)N(C)CC(O)C1CC1. The smallest absolute Gasteiger partial charge is 0.257 e. The molecule has 0 spiro atoms. The van der Waals surface area contributed by atoms with E-state index in [1.807, 2.05) is 13.8 Å². The Hall–Kier alpha value is -1.26. The second kappa shape index (κ2) is 6.67. The summed E-state index contributed by atoms with van der Waals surface area (Å²) in [6, 6.07) is 5.03. The van der Waals surface area contributed by atoms with E-state index in [-0.39, 0.29) is 12.0 Å². The van der Waals surface area contributed by atoms with Gasteiger partial charge < -0.3 is 14.7 Å². The van der Waals surface area contributed by atoms with E-state index in [0.29, 0.717) is 28.8 Å². The molecule has 1 saturated carbocycles. The van der Waals surface area contributed by atoms with Crippen molar-refractivity contribution in [2.24, 2.45) is 5.92 Å². The molecular formula is C16H22ClNO3. The number of amides is 1. The number of ether oxygens (including phenoxy) is 1. The number of aliphatic hydroxyl groups is 1. The molecule has 0 bridgehead atoms. The molecule has 116 valence electrons. The van der Waals surface area contributed by atoms with Gasteiger partial charge in [-0.05, 0) is 50.8 Å². The third-order valence-corrected chi connectivity index (χ3v) is 3.74. The Bertz CT molecular complexity index is 514. The summed E-state index contributed by atoms with van der Waals surface area (Å²) in [5.41, 5.74) is 0.432. The van der Waals surface area contributed by atoms with E-state index in [4.69, 9.17) is 16.3 Å². The van der Waals surface area contributed by atoms with E-state index in [1.54, 1.807) is 25.2 Å². The summed E-state index contributed by atoms with van der Waals surface area (Å²) in [4.78, 5) is 14.1. The first-order valence-electron chi connectivity index (χ1n) is 7.28. The molecule has 1 amide bonds. The summed E-state index contributed by atoms with van der Waals surface area (Å²) in [6.07, 6.45) is 1.61. The maximum absolute atomic E-state index is 12.6. The molecule has 1 aromatic rings. The van der Waals surface area contributed by atoms with E-state index in [9.17, 15) is 9.90 Å². The topological polar surface area (TPSA) is 49.8 Å². The van der Waals surface area contributed by atoms with Crippen LogP contribution in [0.4, 0.5) is 0 Å². The molecule has 21 heavy (non-hydrogen) atoms. The minimum Gasteiger partial charge on any atom is -0.490 e. The molecule has 1 atom stereocenters. The molecule has 1 N–H and O–H groups in total. The van der Waals surface area contributed by atoms with E-state index in [1.165, 1.54) is 4.90 Å². The fourth-order valence-corrected chi connectivity index (χ4v) is 2.40. The van der Waals surface area contributed by atoms with Crippen LogP contribution in [0.5, 0.6) is 5.75 Å². The monoisotopic (exact) mass is 311 g/mol. The van der Waals surface area contributed by atoms with E-state index >= 15 is 0 Å². The third-order valence-electron chi connectivity index (χ3n) is 3.51. The van der Waals surface area contributed by atoms with Gasteiger partial charge in [-0.1, -0.05) is 11.6 Å². The minimum absolute atomic E-state index is 0.0277. The highest BCUT2D eigenvalue weighted by molar-refractivity contribution is 6.31. The van der Waals surface area contributed by atoms with Crippen molar-refractivity contribution in [1.29, 1.82) is 0 Å². The summed E-state index contributed by atoms with van der Waals surface area (Å²) in [5.74, 6) is 0.672. The Labute approximate surface area is 130 Å². The zero-order chi connectivity index (χ0) is 15.6. The maximum atomic E-state index is 12.6. The Morgan fingerprint density at radius 1 is 1.48 bits per heavy atom. The fraction of sp³-hybridized carbons (Fsp3) is 0.562. The second-order valence-electron chi connectivity index (χ2n) is 5.90. The van der Waals surface area contributed by atoms with Crippen LogP contribution < -0.4 is 4.74 Å². The van der Waals surface area contributed by atoms with E-state index < -0.39 is 6.10 Å². The van der Waals surface area contributed by atoms with Gasteiger partial charge >= 0.3 is 0 Å². The lowest BCUT2D eigenvalue weighted by molar-refractivity contribution is 0.0640. The lowest BCUT2D eigenvalue weighted by Crippen LogP contribution is -2.35. The Balaban J connectivity index is 2.14. The number of hydrogen-bond acceptors (Lipinski definition) is 3. The number of carbonyl (C=O) groups excluding carboxylic acids is 1. The average Bonchev–Trinajstić information content (AvgIpc) is 3.23. The normalized spacial score (nSPS) is 15.9. The highest BCUT2D eigenvalue weighted by Crippen LogP contribution is 2.33. The number of carbonyl (C=O) groups is 1.